The second kappa shape index (κ2) is 9.19. The summed E-state index contributed by atoms with van der Waals surface area (Å²) in [4.78, 5) is 17.1. The van der Waals surface area contributed by atoms with Crippen molar-refractivity contribution in [3.63, 3.8) is 0 Å². The second-order valence-corrected chi connectivity index (χ2v) is 7.07. The first kappa shape index (κ1) is 18.9. The van der Waals surface area contributed by atoms with Gasteiger partial charge in [0.05, 0.1) is 32.0 Å². The Morgan fingerprint density at radius 2 is 1.57 bits per heavy atom. The van der Waals surface area contributed by atoms with Crippen molar-refractivity contribution >= 4 is 11.7 Å². The molecule has 28 heavy (non-hydrogen) atoms. The maximum Gasteiger partial charge on any atom is 0.343 e. The molecule has 148 valence electrons. The first-order chi connectivity index (χ1) is 13.8. The third kappa shape index (κ3) is 4.90. The van der Waals surface area contributed by atoms with Crippen LogP contribution in [0.15, 0.2) is 48.5 Å². The van der Waals surface area contributed by atoms with Crippen molar-refractivity contribution in [2.24, 2.45) is 0 Å². The highest BCUT2D eigenvalue weighted by atomic mass is 16.5. The van der Waals surface area contributed by atoms with Gasteiger partial charge in [-0.15, -0.1) is 0 Å². The number of anilines is 1. The lowest BCUT2D eigenvalue weighted by Crippen LogP contribution is -2.36. The first-order valence-corrected chi connectivity index (χ1v) is 9.82. The highest BCUT2D eigenvalue weighted by molar-refractivity contribution is 5.91. The van der Waals surface area contributed by atoms with Crippen LogP contribution in [0.25, 0.3) is 0 Å². The van der Waals surface area contributed by atoms with Crippen LogP contribution in [0.4, 0.5) is 5.69 Å². The number of hydrogen-bond donors (Lipinski definition) is 0. The van der Waals surface area contributed by atoms with E-state index in [1.165, 1.54) is 5.56 Å². The van der Waals surface area contributed by atoms with E-state index in [1.54, 1.807) is 0 Å². The van der Waals surface area contributed by atoms with Crippen LogP contribution in [0.3, 0.4) is 0 Å². The molecule has 0 aliphatic carbocycles. The predicted octanol–water partition coefficient (Wildman–Crippen LogP) is 2.57. The number of carbonyl (C=O) groups excluding carboxylic acids is 1. The topological polar surface area (TPSA) is 51.2 Å². The molecule has 0 bridgehead atoms. The van der Waals surface area contributed by atoms with Crippen LogP contribution in [0.5, 0.6) is 5.75 Å². The lowest BCUT2D eigenvalue weighted by atomic mass is 10.1. The van der Waals surface area contributed by atoms with Gasteiger partial charge < -0.3 is 19.1 Å². The molecule has 0 N–H and O–H groups in total. The van der Waals surface area contributed by atoms with Gasteiger partial charge in [-0.05, 0) is 29.8 Å². The largest absolute Gasteiger partial charge is 0.423 e. The summed E-state index contributed by atoms with van der Waals surface area (Å²) in [5.74, 6) is 0.225. The summed E-state index contributed by atoms with van der Waals surface area (Å²) in [6, 6.07) is 15.3. The van der Waals surface area contributed by atoms with Gasteiger partial charge in [-0.2, -0.15) is 0 Å². The highest BCUT2D eigenvalue weighted by Gasteiger charge is 2.14. The fraction of sp³-hybridized carbons (Fsp3) is 0.409. The molecule has 0 saturated carbocycles. The van der Waals surface area contributed by atoms with E-state index in [0.29, 0.717) is 11.3 Å². The van der Waals surface area contributed by atoms with Crippen molar-refractivity contribution in [3.8, 4) is 5.75 Å². The molecule has 2 aliphatic rings. The van der Waals surface area contributed by atoms with Crippen molar-refractivity contribution in [1.82, 2.24) is 4.90 Å². The van der Waals surface area contributed by atoms with Crippen LogP contribution in [-0.2, 0) is 16.0 Å². The number of esters is 1. The van der Waals surface area contributed by atoms with Gasteiger partial charge in [-0.3, -0.25) is 4.90 Å². The van der Waals surface area contributed by atoms with Gasteiger partial charge in [-0.25, -0.2) is 4.79 Å². The van der Waals surface area contributed by atoms with Crippen molar-refractivity contribution < 1.29 is 19.0 Å². The molecule has 4 rings (SSSR count). The van der Waals surface area contributed by atoms with Gasteiger partial charge in [0, 0.05) is 44.5 Å². The third-order valence-electron chi connectivity index (χ3n) is 5.10. The zero-order valence-electron chi connectivity index (χ0n) is 16.0. The third-order valence-corrected chi connectivity index (χ3v) is 5.10. The molecule has 6 nitrogen and oxygen atoms in total. The smallest absolute Gasteiger partial charge is 0.343 e. The first-order valence-electron chi connectivity index (χ1n) is 9.82. The monoisotopic (exact) mass is 382 g/mol. The Morgan fingerprint density at radius 3 is 2.29 bits per heavy atom. The van der Waals surface area contributed by atoms with Crippen LogP contribution in [0.1, 0.15) is 15.9 Å². The number of ether oxygens (including phenoxy) is 3. The van der Waals surface area contributed by atoms with Crippen molar-refractivity contribution in [3.05, 3.63) is 59.7 Å². The summed E-state index contributed by atoms with van der Waals surface area (Å²) >= 11 is 0. The molecule has 2 saturated heterocycles. The van der Waals surface area contributed by atoms with Crippen molar-refractivity contribution in [2.45, 2.75) is 6.54 Å². The Kier molecular flexibility index (Phi) is 6.21. The summed E-state index contributed by atoms with van der Waals surface area (Å²) in [5.41, 5.74) is 2.80. The minimum Gasteiger partial charge on any atom is -0.423 e. The van der Waals surface area contributed by atoms with Gasteiger partial charge in [-0.1, -0.05) is 18.2 Å². The number of carbonyl (C=O) groups is 1. The van der Waals surface area contributed by atoms with E-state index in [1.807, 2.05) is 48.5 Å². The average Bonchev–Trinajstić information content (AvgIpc) is 2.76. The lowest BCUT2D eigenvalue weighted by molar-refractivity contribution is 0.0342. The average molecular weight is 382 g/mol. The van der Waals surface area contributed by atoms with Crippen LogP contribution in [0.2, 0.25) is 0 Å². The normalized spacial score (nSPS) is 18.1. The molecule has 2 aromatic carbocycles. The number of rotatable bonds is 5. The molecule has 0 spiro atoms. The maximum absolute atomic E-state index is 12.5. The summed E-state index contributed by atoms with van der Waals surface area (Å²) in [6.45, 7) is 7.49. The van der Waals surface area contributed by atoms with Gasteiger partial charge >= 0.3 is 5.97 Å². The van der Waals surface area contributed by atoms with E-state index in [9.17, 15) is 4.79 Å². The van der Waals surface area contributed by atoms with E-state index in [0.717, 1.165) is 64.8 Å². The molecule has 2 aromatic rings. The molecule has 0 amide bonds. The van der Waals surface area contributed by atoms with Crippen LogP contribution >= 0.6 is 0 Å². The fourth-order valence-electron chi connectivity index (χ4n) is 3.49. The van der Waals surface area contributed by atoms with Crippen LogP contribution in [0, 0.1) is 0 Å². The quantitative estimate of drug-likeness (QED) is 0.585. The van der Waals surface area contributed by atoms with Crippen LogP contribution < -0.4 is 9.64 Å². The van der Waals surface area contributed by atoms with Gasteiger partial charge in [0.1, 0.15) is 5.75 Å². The zero-order valence-corrected chi connectivity index (χ0v) is 16.0. The summed E-state index contributed by atoms with van der Waals surface area (Å²) in [7, 11) is 0. The number of nitrogens with zero attached hydrogens (tertiary/aromatic N) is 2. The molecular weight excluding hydrogens is 356 g/mol. The van der Waals surface area contributed by atoms with Gasteiger partial charge in [0.15, 0.2) is 0 Å². The Morgan fingerprint density at radius 1 is 0.893 bits per heavy atom. The molecule has 0 atom stereocenters. The fourth-order valence-corrected chi connectivity index (χ4v) is 3.49. The van der Waals surface area contributed by atoms with E-state index in [4.69, 9.17) is 14.2 Å². The van der Waals surface area contributed by atoms with Crippen molar-refractivity contribution in [1.29, 1.82) is 0 Å². The molecule has 0 aromatic heterocycles. The Bertz CT molecular complexity index is 781. The molecular formula is C22H26N2O4. The van der Waals surface area contributed by atoms with E-state index in [-0.39, 0.29) is 5.97 Å². The van der Waals surface area contributed by atoms with E-state index >= 15 is 0 Å². The number of morpholine rings is 2. The summed E-state index contributed by atoms with van der Waals surface area (Å²) < 4.78 is 16.4. The highest BCUT2D eigenvalue weighted by Crippen LogP contribution is 2.23. The van der Waals surface area contributed by atoms with E-state index in [2.05, 4.69) is 9.80 Å². The Labute approximate surface area is 165 Å². The Hall–Kier alpha value is -2.41. The SMILES string of the molecule is O=C(Oc1cccc(N2CCOCC2)c1)c1ccc(CN2CCOCC2)cc1. The molecule has 6 heteroatoms. The lowest BCUT2D eigenvalue weighted by Gasteiger charge is -2.29. The maximum atomic E-state index is 12.5. The second-order valence-electron chi connectivity index (χ2n) is 7.07. The summed E-state index contributed by atoms with van der Waals surface area (Å²) in [6.07, 6.45) is 0. The van der Waals surface area contributed by atoms with E-state index < -0.39 is 0 Å². The molecule has 0 unspecified atom stereocenters. The number of hydrogen-bond acceptors (Lipinski definition) is 6. The van der Waals surface area contributed by atoms with Gasteiger partial charge in [0.2, 0.25) is 0 Å². The zero-order chi connectivity index (χ0) is 19.2. The Balaban J connectivity index is 1.36. The van der Waals surface area contributed by atoms with Gasteiger partial charge in [0.25, 0.3) is 0 Å². The minimum absolute atomic E-state index is 0.336. The molecule has 2 heterocycles. The standard InChI is InChI=1S/C22H26N2O4/c25-22(19-6-4-18(5-7-19)17-23-8-12-26-13-9-23)28-21-3-1-2-20(16-21)24-10-14-27-15-11-24/h1-7,16H,8-15,17H2. The van der Waals surface area contributed by atoms with Crippen LogP contribution in [-0.4, -0.2) is 63.5 Å². The van der Waals surface area contributed by atoms with Crippen molar-refractivity contribution in [2.75, 3.05) is 57.5 Å². The molecule has 2 aliphatic heterocycles. The number of benzene rings is 2. The summed E-state index contributed by atoms with van der Waals surface area (Å²) in [5, 5.41) is 0. The minimum atomic E-state index is -0.336. The predicted molar refractivity (Wildman–Crippen MR) is 107 cm³/mol. The molecule has 2 fully saturated rings. The molecule has 0 radical (unpaired) electrons.